The molecule has 0 aromatic heterocycles. The minimum absolute atomic E-state index is 0.135. The largest absolute Gasteiger partial charge is 0.377 e. The second-order valence-corrected chi connectivity index (χ2v) is 19.7. The number of fused-ring (bicyclic) bond motifs is 10. The molecule has 0 aliphatic heterocycles. The van der Waals surface area contributed by atoms with Crippen LogP contribution in [0.3, 0.4) is 0 Å². The second kappa shape index (κ2) is 11.8. The molecule has 2 N–H and O–H groups in total. The molecule has 0 saturated heterocycles. The lowest BCUT2D eigenvalue weighted by Crippen LogP contribution is -2.54. The number of hydrogen-bond donors (Lipinski definition) is 2. The summed E-state index contributed by atoms with van der Waals surface area (Å²) in [5.41, 5.74) is 2.39. The Morgan fingerprint density at radius 2 is 0.904 bits per heavy atom. The number of carbonyl (C=O) groups is 2. The van der Waals surface area contributed by atoms with Crippen molar-refractivity contribution in [2.24, 2.45) is 57.2 Å². The van der Waals surface area contributed by atoms with E-state index < -0.39 is 11.2 Å². The second-order valence-electron chi connectivity index (χ2n) is 19.7. The van der Waals surface area contributed by atoms with Crippen molar-refractivity contribution in [1.29, 1.82) is 0 Å². The molecule has 0 amide bonds. The van der Waals surface area contributed by atoms with Crippen molar-refractivity contribution in [1.82, 2.24) is 0 Å². The average molecular weight is 699 g/mol. The summed E-state index contributed by atoms with van der Waals surface area (Å²) in [5, 5.41) is 24.4. The summed E-state index contributed by atoms with van der Waals surface area (Å²) in [4.78, 5) is 24.5. The van der Waals surface area contributed by atoms with Gasteiger partial charge in [-0.1, -0.05) is 62.5 Å². The first-order valence-corrected chi connectivity index (χ1v) is 20.8. The highest BCUT2D eigenvalue weighted by molar-refractivity contribution is 5.92. The predicted molar refractivity (Wildman–Crippen MR) is 204 cm³/mol. The summed E-state index contributed by atoms with van der Waals surface area (Å²) in [7, 11) is 0. The Kier molecular flexibility index (Phi) is 7.89. The SMILES string of the molecule is C[C@]12CCC(=O)C=C1CC[C@@H]1[C@@H]2CC[C@@]2(C)[C@H]1CC[C@@]2(O)C#Cc1ccc(C#C[C@]2(O)CC[C@H]3[C@@H]4CCC5=CC(=O)CC[C@]5(C)[C@H]4CC[C@@]32C)cc1. The van der Waals surface area contributed by atoms with Gasteiger partial charge in [0.25, 0.3) is 0 Å². The van der Waals surface area contributed by atoms with Gasteiger partial charge in [0.05, 0.1) is 0 Å². The Labute approximate surface area is 311 Å². The summed E-state index contributed by atoms with van der Waals surface area (Å²) in [6.45, 7) is 9.44. The molecule has 0 radical (unpaired) electrons. The fourth-order valence-electron chi connectivity index (χ4n) is 14.5. The van der Waals surface area contributed by atoms with Gasteiger partial charge in [-0.2, -0.15) is 0 Å². The molecule has 4 nitrogen and oxygen atoms in total. The van der Waals surface area contributed by atoms with Crippen LogP contribution in [0, 0.1) is 80.8 Å². The normalized spacial score (nSPS) is 47.4. The number of benzene rings is 1. The van der Waals surface area contributed by atoms with Crippen LogP contribution in [0.25, 0.3) is 0 Å². The third kappa shape index (κ3) is 4.88. The maximum atomic E-state index is 12.2. The van der Waals surface area contributed by atoms with Crippen LogP contribution in [-0.4, -0.2) is 33.0 Å². The molecule has 6 saturated carbocycles. The fourth-order valence-corrected chi connectivity index (χ4v) is 14.5. The molecule has 12 atom stereocenters. The zero-order valence-corrected chi connectivity index (χ0v) is 32.0. The molecule has 0 heterocycles. The topological polar surface area (TPSA) is 74.6 Å². The highest BCUT2D eigenvalue weighted by atomic mass is 16.3. The predicted octanol–water partition coefficient (Wildman–Crippen LogP) is 8.92. The molecule has 4 heteroatoms. The van der Waals surface area contributed by atoms with Crippen molar-refractivity contribution in [3.63, 3.8) is 0 Å². The highest BCUT2D eigenvalue weighted by Crippen LogP contribution is 2.69. The Hall–Kier alpha value is -2.92. The first kappa shape index (κ1) is 34.8. The van der Waals surface area contributed by atoms with Crippen molar-refractivity contribution in [3.8, 4) is 23.7 Å². The van der Waals surface area contributed by atoms with E-state index in [0.29, 0.717) is 59.9 Å². The van der Waals surface area contributed by atoms with E-state index in [1.165, 1.54) is 11.1 Å². The molecular weight excluding hydrogens is 641 g/mol. The number of carbonyl (C=O) groups excluding carboxylic acids is 2. The number of aliphatic hydroxyl groups is 2. The van der Waals surface area contributed by atoms with Crippen LogP contribution >= 0.6 is 0 Å². The van der Waals surface area contributed by atoms with Crippen LogP contribution in [-0.2, 0) is 9.59 Å². The summed E-state index contributed by atoms with van der Waals surface area (Å²) in [6.07, 6.45) is 19.2. The zero-order valence-electron chi connectivity index (χ0n) is 32.0. The third-order valence-corrected chi connectivity index (χ3v) is 17.9. The Bertz CT molecular complexity index is 1760. The van der Waals surface area contributed by atoms with E-state index in [2.05, 4.69) is 51.4 Å². The van der Waals surface area contributed by atoms with Crippen molar-refractivity contribution >= 4 is 11.6 Å². The molecule has 52 heavy (non-hydrogen) atoms. The molecule has 1 aromatic rings. The molecule has 1 aromatic carbocycles. The molecule has 0 unspecified atom stereocenters. The highest BCUT2D eigenvalue weighted by Gasteiger charge is 2.65. The molecule has 9 rings (SSSR count). The number of ketones is 2. The smallest absolute Gasteiger partial charge is 0.155 e. The first-order valence-electron chi connectivity index (χ1n) is 20.8. The van der Waals surface area contributed by atoms with Gasteiger partial charge in [0, 0.05) is 34.8 Å². The Morgan fingerprint density at radius 3 is 1.31 bits per heavy atom. The van der Waals surface area contributed by atoms with Crippen LogP contribution in [0.5, 0.6) is 0 Å². The molecule has 0 bridgehead atoms. The summed E-state index contributed by atoms with van der Waals surface area (Å²) < 4.78 is 0. The van der Waals surface area contributed by atoms with Crippen LogP contribution in [0.2, 0.25) is 0 Å². The minimum Gasteiger partial charge on any atom is -0.377 e. The lowest BCUT2D eigenvalue weighted by Gasteiger charge is -2.58. The van der Waals surface area contributed by atoms with E-state index in [-0.39, 0.29) is 21.7 Å². The molecule has 8 aliphatic carbocycles. The van der Waals surface area contributed by atoms with E-state index in [0.717, 1.165) is 101 Å². The van der Waals surface area contributed by atoms with E-state index in [4.69, 9.17) is 0 Å². The zero-order chi connectivity index (χ0) is 36.3. The average Bonchev–Trinajstić information content (AvgIpc) is 3.56. The van der Waals surface area contributed by atoms with Gasteiger partial charge >= 0.3 is 0 Å². The fraction of sp³-hybridized carbons (Fsp3) is 0.667. The van der Waals surface area contributed by atoms with E-state index in [9.17, 15) is 19.8 Å². The van der Waals surface area contributed by atoms with E-state index in [1.807, 2.05) is 36.4 Å². The third-order valence-electron chi connectivity index (χ3n) is 17.9. The Balaban J connectivity index is 0.891. The number of allylic oxidation sites excluding steroid dienone is 2. The van der Waals surface area contributed by atoms with Crippen molar-refractivity contribution in [3.05, 3.63) is 58.7 Å². The van der Waals surface area contributed by atoms with Gasteiger partial charge in [0.1, 0.15) is 11.2 Å². The van der Waals surface area contributed by atoms with Gasteiger partial charge < -0.3 is 10.2 Å². The lowest BCUT2D eigenvalue weighted by molar-refractivity contribution is -0.120. The van der Waals surface area contributed by atoms with Gasteiger partial charge in [-0.15, -0.1) is 0 Å². The minimum atomic E-state index is -1.00. The van der Waals surface area contributed by atoms with E-state index in [1.54, 1.807) is 0 Å². The Morgan fingerprint density at radius 1 is 0.519 bits per heavy atom. The summed E-state index contributed by atoms with van der Waals surface area (Å²) >= 11 is 0. The van der Waals surface area contributed by atoms with Gasteiger partial charge in [-0.05, 0) is 173 Å². The van der Waals surface area contributed by atoms with Crippen molar-refractivity contribution in [2.45, 2.75) is 142 Å². The number of hydrogen-bond acceptors (Lipinski definition) is 4. The molecule has 8 aliphatic rings. The molecule has 6 fully saturated rings. The summed E-state index contributed by atoms with van der Waals surface area (Å²) in [5.74, 6) is 17.5. The lowest BCUT2D eigenvalue weighted by atomic mass is 9.46. The van der Waals surface area contributed by atoms with Crippen molar-refractivity contribution in [2.75, 3.05) is 0 Å². The van der Waals surface area contributed by atoms with Crippen LogP contribution in [0.1, 0.15) is 142 Å². The monoisotopic (exact) mass is 698 g/mol. The maximum absolute atomic E-state index is 12.2. The first-order chi connectivity index (χ1) is 24.7. The quantitative estimate of drug-likeness (QED) is 0.266. The van der Waals surface area contributed by atoms with Gasteiger partial charge in [0.15, 0.2) is 11.6 Å². The molecule has 0 spiro atoms. The number of rotatable bonds is 0. The van der Waals surface area contributed by atoms with Crippen molar-refractivity contribution < 1.29 is 19.8 Å². The maximum Gasteiger partial charge on any atom is 0.155 e. The molecular formula is C48H58O4. The van der Waals surface area contributed by atoms with Crippen LogP contribution < -0.4 is 0 Å². The molecule has 274 valence electrons. The van der Waals surface area contributed by atoms with Gasteiger partial charge in [-0.25, -0.2) is 0 Å². The van der Waals surface area contributed by atoms with Crippen LogP contribution in [0.4, 0.5) is 0 Å². The van der Waals surface area contributed by atoms with Gasteiger partial charge in [0.2, 0.25) is 0 Å². The standard InChI is InChI=1S/C48H58O4/c1-43-21-15-35(49)29-33(43)9-11-37-39(43)17-23-45(3)41(37)19-27-47(45,51)25-13-31-5-7-32(8-6-31)14-26-48(52)28-20-42-38-12-10-34-30-36(50)16-22-44(34,2)40(38)18-24-46(42,48)4/h5-8,29-30,37-42,51-52H,9-12,15-24,27-28H2,1-4H3/t37-,38-,39+,40+,41+,42+,43+,44+,45+,46+,47+,48+/m1/s1. The summed E-state index contributed by atoms with van der Waals surface area (Å²) in [6, 6.07) is 8.07. The van der Waals surface area contributed by atoms with Gasteiger partial charge in [-0.3, -0.25) is 9.59 Å². The van der Waals surface area contributed by atoms with E-state index >= 15 is 0 Å². The van der Waals surface area contributed by atoms with Crippen LogP contribution in [0.15, 0.2) is 47.6 Å².